The molecule has 2 aromatic heterocycles. The van der Waals surface area contributed by atoms with E-state index >= 15 is 0 Å². The molecular weight excluding hydrogens is 252 g/mol. The zero-order chi connectivity index (χ0) is 13.8. The lowest BCUT2D eigenvalue weighted by atomic mass is 9.98. The number of pyridine rings is 1. The Morgan fingerprint density at radius 3 is 3.05 bits per heavy atom. The van der Waals surface area contributed by atoms with Gasteiger partial charge in [0.15, 0.2) is 0 Å². The fraction of sp³-hybridized carbons (Fsp3) is 0.429. The highest BCUT2D eigenvalue weighted by Gasteiger charge is 2.21. The Bertz CT molecular complexity index is 583. The molecule has 0 spiro atoms. The van der Waals surface area contributed by atoms with Gasteiger partial charge in [0.2, 0.25) is 0 Å². The first-order valence-corrected chi connectivity index (χ1v) is 6.78. The van der Waals surface area contributed by atoms with Crippen LogP contribution in [0.1, 0.15) is 18.4 Å². The van der Waals surface area contributed by atoms with Crippen molar-refractivity contribution in [1.29, 1.82) is 5.26 Å². The number of anilines is 1. The molecule has 3 heterocycles. The molecule has 6 nitrogen and oxygen atoms in total. The van der Waals surface area contributed by atoms with E-state index in [-0.39, 0.29) is 0 Å². The third kappa shape index (κ3) is 2.77. The van der Waals surface area contributed by atoms with Crippen LogP contribution in [0.3, 0.4) is 0 Å². The van der Waals surface area contributed by atoms with E-state index in [1.165, 1.54) is 6.42 Å². The fourth-order valence-electron chi connectivity index (χ4n) is 2.65. The van der Waals surface area contributed by atoms with Crippen molar-refractivity contribution >= 4 is 5.82 Å². The molecule has 2 aromatic rings. The quantitative estimate of drug-likeness (QED) is 0.842. The highest BCUT2D eigenvalue weighted by Crippen LogP contribution is 2.22. The van der Waals surface area contributed by atoms with Crippen LogP contribution in [-0.4, -0.2) is 32.8 Å². The lowest BCUT2D eigenvalue weighted by Gasteiger charge is -2.33. The lowest BCUT2D eigenvalue weighted by molar-refractivity contribution is 0.350. The smallest absolute Gasteiger partial charge is 0.137 e. The van der Waals surface area contributed by atoms with E-state index in [1.54, 1.807) is 18.9 Å². The van der Waals surface area contributed by atoms with Gasteiger partial charge in [-0.2, -0.15) is 10.4 Å². The minimum absolute atomic E-state index is 0.558. The third-order valence-electron chi connectivity index (χ3n) is 3.63. The Morgan fingerprint density at radius 1 is 1.40 bits per heavy atom. The van der Waals surface area contributed by atoms with Crippen molar-refractivity contribution in [3.05, 3.63) is 36.5 Å². The van der Waals surface area contributed by atoms with Crippen LogP contribution in [0.4, 0.5) is 5.82 Å². The van der Waals surface area contributed by atoms with Gasteiger partial charge in [-0.05, 0) is 30.9 Å². The van der Waals surface area contributed by atoms with Crippen LogP contribution in [-0.2, 0) is 6.54 Å². The van der Waals surface area contributed by atoms with Gasteiger partial charge in [-0.25, -0.2) is 9.97 Å². The van der Waals surface area contributed by atoms with Crippen molar-refractivity contribution in [2.45, 2.75) is 19.4 Å². The number of nitrogens with zero attached hydrogens (tertiary/aromatic N) is 6. The fourth-order valence-corrected chi connectivity index (χ4v) is 2.65. The van der Waals surface area contributed by atoms with Crippen LogP contribution >= 0.6 is 0 Å². The first-order chi connectivity index (χ1) is 9.85. The monoisotopic (exact) mass is 268 g/mol. The maximum atomic E-state index is 8.81. The molecule has 3 rings (SSSR count). The minimum Gasteiger partial charge on any atom is -0.356 e. The highest BCUT2D eigenvalue weighted by molar-refractivity contribution is 5.42. The van der Waals surface area contributed by atoms with Crippen molar-refractivity contribution in [3.8, 4) is 6.07 Å². The van der Waals surface area contributed by atoms with Crippen molar-refractivity contribution in [1.82, 2.24) is 19.7 Å². The molecule has 1 aliphatic rings. The van der Waals surface area contributed by atoms with Gasteiger partial charge in [0.05, 0.1) is 5.56 Å². The van der Waals surface area contributed by atoms with E-state index in [0.29, 0.717) is 11.5 Å². The van der Waals surface area contributed by atoms with Crippen LogP contribution in [0, 0.1) is 17.2 Å². The molecule has 0 aromatic carbocycles. The molecule has 6 heteroatoms. The normalized spacial score (nSPS) is 18.8. The molecule has 0 saturated carbocycles. The van der Waals surface area contributed by atoms with Gasteiger partial charge in [0.25, 0.3) is 0 Å². The molecule has 0 N–H and O–H groups in total. The second-order valence-electron chi connectivity index (χ2n) is 5.09. The van der Waals surface area contributed by atoms with Crippen molar-refractivity contribution in [3.63, 3.8) is 0 Å². The summed E-state index contributed by atoms with van der Waals surface area (Å²) in [6, 6.07) is 5.85. The Kier molecular flexibility index (Phi) is 3.59. The molecule has 1 fully saturated rings. The van der Waals surface area contributed by atoms with Crippen molar-refractivity contribution in [2.24, 2.45) is 5.92 Å². The van der Waals surface area contributed by atoms with Gasteiger partial charge < -0.3 is 4.90 Å². The largest absolute Gasteiger partial charge is 0.356 e. The second kappa shape index (κ2) is 5.70. The lowest BCUT2D eigenvalue weighted by Crippen LogP contribution is -2.37. The molecule has 0 bridgehead atoms. The average molecular weight is 268 g/mol. The number of piperidine rings is 1. The van der Waals surface area contributed by atoms with Gasteiger partial charge in [0, 0.05) is 25.8 Å². The van der Waals surface area contributed by atoms with Gasteiger partial charge >= 0.3 is 0 Å². The van der Waals surface area contributed by atoms with E-state index in [4.69, 9.17) is 5.26 Å². The van der Waals surface area contributed by atoms with Gasteiger partial charge in [0.1, 0.15) is 24.5 Å². The maximum absolute atomic E-state index is 8.81. The summed E-state index contributed by atoms with van der Waals surface area (Å²) in [5, 5.41) is 13.0. The summed E-state index contributed by atoms with van der Waals surface area (Å²) in [6.45, 7) is 2.89. The molecule has 1 saturated heterocycles. The van der Waals surface area contributed by atoms with Crippen LogP contribution in [0.2, 0.25) is 0 Å². The molecule has 0 amide bonds. The topological polar surface area (TPSA) is 70.6 Å². The molecular formula is C14H16N6. The first kappa shape index (κ1) is 12.6. The van der Waals surface area contributed by atoms with E-state index < -0.39 is 0 Å². The summed E-state index contributed by atoms with van der Waals surface area (Å²) in [7, 11) is 0. The average Bonchev–Trinajstić information content (AvgIpc) is 3.01. The molecule has 1 atom stereocenters. The Hall–Kier alpha value is -2.42. The number of hydrogen-bond acceptors (Lipinski definition) is 5. The van der Waals surface area contributed by atoms with Gasteiger partial charge in [-0.15, -0.1) is 0 Å². The molecule has 20 heavy (non-hydrogen) atoms. The SMILES string of the molecule is N#Cc1ccc(N2CCC[C@@H](Cn3cncn3)C2)nc1. The summed E-state index contributed by atoms with van der Waals surface area (Å²) in [6.07, 6.45) is 7.33. The summed E-state index contributed by atoms with van der Waals surface area (Å²) in [5.74, 6) is 1.51. The van der Waals surface area contributed by atoms with E-state index in [2.05, 4.69) is 26.0 Å². The van der Waals surface area contributed by atoms with Crippen molar-refractivity contribution in [2.75, 3.05) is 18.0 Å². The zero-order valence-corrected chi connectivity index (χ0v) is 11.2. The van der Waals surface area contributed by atoms with Crippen LogP contribution in [0.15, 0.2) is 31.0 Å². The first-order valence-electron chi connectivity index (χ1n) is 6.78. The highest BCUT2D eigenvalue weighted by atomic mass is 15.3. The molecule has 1 aliphatic heterocycles. The van der Waals surface area contributed by atoms with E-state index in [9.17, 15) is 0 Å². The number of nitriles is 1. The molecule has 0 radical (unpaired) electrons. The molecule has 0 unspecified atom stereocenters. The van der Waals surface area contributed by atoms with Crippen molar-refractivity contribution < 1.29 is 0 Å². The molecule has 102 valence electrons. The van der Waals surface area contributed by atoms with Crippen LogP contribution in [0.25, 0.3) is 0 Å². The Labute approximate surface area is 117 Å². The number of rotatable bonds is 3. The maximum Gasteiger partial charge on any atom is 0.137 e. The minimum atomic E-state index is 0.558. The van der Waals surface area contributed by atoms with E-state index in [1.807, 2.05) is 16.8 Å². The zero-order valence-electron chi connectivity index (χ0n) is 11.2. The summed E-state index contributed by atoms with van der Waals surface area (Å²) < 4.78 is 1.89. The van der Waals surface area contributed by atoms with Crippen LogP contribution in [0.5, 0.6) is 0 Å². The number of aromatic nitrogens is 4. The molecule has 0 aliphatic carbocycles. The summed E-state index contributed by atoms with van der Waals surface area (Å²) in [4.78, 5) is 10.6. The van der Waals surface area contributed by atoms with Gasteiger partial charge in [-0.3, -0.25) is 4.68 Å². The predicted molar refractivity (Wildman–Crippen MR) is 73.9 cm³/mol. The van der Waals surface area contributed by atoms with Crippen LogP contribution < -0.4 is 4.90 Å². The standard InChI is InChI=1S/C14H16N6/c15-6-12-3-4-14(17-7-12)19-5-1-2-13(8-19)9-20-11-16-10-18-20/h3-4,7,10-11,13H,1-2,5,8-9H2/t13-/m1/s1. The predicted octanol–water partition coefficient (Wildman–Crippen LogP) is 1.46. The summed E-state index contributed by atoms with van der Waals surface area (Å²) in [5.41, 5.74) is 0.602. The second-order valence-corrected chi connectivity index (χ2v) is 5.09. The Morgan fingerprint density at radius 2 is 2.35 bits per heavy atom. The summed E-state index contributed by atoms with van der Waals surface area (Å²) >= 11 is 0. The number of hydrogen-bond donors (Lipinski definition) is 0. The van der Waals surface area contributed by atoms with E-state index in [0.717, 1.165) is 31.9 Å². The Balaban J connectivity index is 1.66. The van der Waals surface area contributed by atoms with Gasteiger partial charge in [-0.1, -0.05) is 0 Å². The third-order valence-corrected chi connectivity index (χ3v) is 3.63.